The van der Waals surface area contributed by atoms with Crippen molar-refractivity contribution in [1.82, 2.24) is 10.6 Å². The number of benzene rings is 1. The molecule has 3 aromatic rings. The molecule has 29 heavy (non-hydrogen) atoms. The van der Waals surface area contributed by atoms with Crippen molar-refractivity contribution in [1.29, 1.82) is 0 Å². The molecule has 2 N–H and O–H groups in total. The molecular formula is C22H28IN3O3. The maximum absolute atomic E-state index is 5.99. The summed E-state index contributed by atoms with van der Waals surface area (Å²) in [7, 11) is 0. The molecule has 3 heterocycles. The average Bonchev–Trinajstić information content (AvgIpc) is 3.47. The van der Waals surface area contributed by atoms with E-state index in [0.717, 1.165) is 67.6 Å². The van der Waals surface area contributed by atoms with Crippen molar-refractivity contribution in [3.05, 3.63) is 60.2 Å². The fourth-order valence-corrected chi connectivity index (χ4v) is 3.35. The van der Waals surface area contributed by atoms with Gasteiger partial charge in [-0.25, -0.2) is 0 Å². The van der Waals surface area contributed by atoms with Gasteiger partial charge in [0.25, 0.3) is 0 Å². The maximum Gasteiger partial charge on any atom is 0.191 e. The summed E-state index contributed by atoms with van der Waals surface area (Å²) in [4.78, 5) is 4.79. The van der Waals surface area contributed by atoms with E-state index in [1.807, 2.05) is 30.3 Å². The lowest BCUT2D eigenvalue weighted by Gasteiger charge is -2.17. The molecule has 0 bridgehead atoms. The third kappa shape index (κ3) is 5.99. The molecule has 1 saturated heterocycles. The molecule has 7 heteroatoms. The van der Waals surface area contributed by atoms with Crippen LogP contribution in [0.2, 0.25) is 0 Å². The Kier molecular flexibility index (Phi) is 8.00. The van der Waals surface area contributed by atoms with Crippen LogP contribution >= 0.6 is 24.0 Å². The summed E-state index contributed by atoms with van der Waals surface area (Å²) in [5.74, 6) is 3.13. The molecular weight excluding hydrogens is 481 g/mol. The van der Waals surface area contributed by atoms with Gasteiger partial charge in [-0.2, -0.15) is 0 Å². The number of halogens is 1. The first-order chi connectivity index (χ1) is 13.8. The number of guanidine groups is 1. The summed E-state index contributed by atoms with van der Waals surface area (Å²) in [5.41, 5.74) is 0.901. The first-order valence-electron chi connectivity index (χ1n) is 9.91. The van der Waals surface area contributed by atoms with Crippen LogP contribution in [0.25, 0.3) is 11.0 Å². The van der Waals surface area contributed by atoms with Crippen molar-refractivity contribution in [2.75, 3.05) is 26.3 Å². The zero-order valence-corrected chi connectivity index (χ0v) is 18.9. The minimum atomic E-state index is 0. The largest absolute Gasteiger partial charge is 0.469 e. The van der Waals surface area contributed by atoms with Gasteiger partial charge in [0.05, 0.1) is 18.9 Å². The van der Waals surface area contributed by atoms with Crippen molar-refractivity contribution in [2.45, 2.75) is 25.8 Å². The zero-order valence-electron chi connectivity index (χ0n) is 16.6. The van der Waals surface area contributed by atoms with Crippen molar-refractivity contribution in [2.24, 2.45) is 10.9 Å². The molecule has 1 aliphatic rings. The molecule has 0 radical (unpaired) electrons. The van der Waals surface area contributed by atoms with Gasteiger partial charge in [0.15, 0.2) is 5.96 Å². The fraction of sp³-hybridized carbons (Fsp3) is 0.409. The molecule has 0 amide bonds. The van der Waals surface area contributed by atoms with Gasteiger partial charge in [0.2, 0.25) is 0 Å². The summed E-state index contributed by atoms with van der Waals surface area (Å²) >= 11 is 0. The number of furan rings is 2. The van der Waals surface area contributed by atoms with Crippen LogP contribution in [0.3, 0.4) is 0 Å². The Morgan fingerprint density at radius 2 is 2.14 bits per heavy atom. The van der Waals surface area contributed by atoms with Gasteiger partial charge in [0.1, 0.15) is 17.1 Å². The van der Waals surface area contributed by atoms with E-state index in [1.54, 1.807) is 6.26 Å². The quantitative estimate of drug-likeness (QED) is 0.279. The highest BCUT2D eigenvalue weighted by Gasteiger charge is 2.17. The fourth-order valence-electron chi connectivity index (χ4n) is 3.35. The van der Waals surface area contributed by atoms with Crippen molar-refractivity contribution in [3.63, 3.8) is 0 Å². The van der Waals surface area contributed by atoms with E-state index < -0.39 is 0 Å². The van der Waals surface area contributed by atoms with Crippen LogP contribution in [0.1, 0.15) is 30.9 Å². The second-order valence-corrected chi connectivity index (χ2v) is 7.23. The van der Waals surface area contributed by atoms with E-state index in [0.29, 0.717) is 5.92 Å². The van der Waals surface area contributed by atoms with Crippen molar-refractivity contribution in [3.8, 4) is 0 Å². The van der Waals surface area contributed by atoms with Gasteiger partial charge in [-0.3, -0.25) is 4.99 Å². The van der Waals surface area contributed by atoms with Crippen LogP contribution in [0.5, 0.6) is 0 Å². The Labute approximate surface area is 188 Å². The first-order valence-corrected chi connectivity index (χ1v) is 9.91. The van der Waals surface area contributed by atoms with Gasteiger partial charge in [-0.05, 0) is 37.6 Å². The number of hydrogen-bond donors (Lipinski definition) is 2. The highest BCUT2D eigenvalue weighted by molar-refractivity contribution is 14.0. The second-order valence-electron chi connectivity index (χ2n) is 7.23. The third-order valence-electron chi connectivity index (χ3n) is 5.00. The summed E-state index contributed by atoms with van der Waals surface area (Å²) in [6, 6.07) is 14.0. The lowest BCUT2D eigenvalue weighted by molar-refractivity contribution is 0.187. The molecule has 0 spiro atoms. The molecule has 0 aliphatic carbocycles. The van der Waals surface area contributed by atoms with Gasteiger partial charge < -0.3 is 24.2 Å². The molecule has 1 fully saturated rings. The van der Waals surface area contributed by atoms with Gasteiger partial charge >= 0.3 is 0 Å². The molecule has 1 aliphatic heterocycles. The Morgan fingerprint density at radius 1 is 1.24 bits per heavy atom. The monoisotopic (exact) mass is 509 g/mol. The minimum Gasteiger partial charge on any atom is -0.469 e. The summed E-state index contributed by atoms with van der Waals surface area (Å²) in [6.45, 7) is 5.21. The molecule has 1 aromatic carbocycles. The Bertz CT molecular complexity index is 868. The molecule has 4 rings (SSSR count). The zero-order chi connectivity index (χ0) is 19.2. The minimum absolute atomic E-state index is 0. The molecule has 2 unspecified atom stereocenters. The van der Waals surface area contributed by atoms with E-state index >= 15 is 0 Å². The average molecular weight is 509 g/mol. The molecule has 6 nitrogen and oxygen atoms in total. The van der Waals surface area contributed by atoms with Crippen LogP contribution in [0.4, 0.5) is 0 Å². The van der Waals surface area contributed by atoms with E-state index in [1.165, 1.54) is 0 Å². The number of nitrogens with zero attached hydrogens (tertiary/aromatic N) is 1. The standard InChI is InChI=1S/C22H27N3O3.HI/c1-16(21-13-18-5-2-3-7-20(18)28-21)25-22(24-14-17-9-12-26-15-17)23-10-8-19-6-4-11-27-19;/h2-7,11,13,16-17H,8-10,12,14-15H2,1H3,(H2,23,24,25);1H. The van der Waals surface area contributed by atoms with Crippen LogP contribution in [0, 0.1) is 5.92 Å². The van der Waals surface area contributed by atoms with E-state index in [9.17, 15) is 0 Å². The van der Waals surface area contributed by atoms with Crippen LogP contribution in [-0.4, -0.2) is 32.3 Å². The molecule has 2 atom stereocenters. The maximum atomic E-state index is 5.99. The predicted molar refractivity (Wildman–Crippen MR) is 125 cm³/mol. The lowest BCUT2D eigenvalue weighted by atomic mass is 10.1. The van der Waals surface area contributed by atoms with Crippen molar-refractivity contribution >= 4 is 40.9 Å². The molecule has 156 valence electrons. The smallest absolute Gasteiger partial charge is 0.191 e. The number of hydrogen-bond acceptors (Lipinski definition) is 4. The Morgan fingerprint density at radius 3 is 2.90 bits per heavy atom. The summed E-state index contributed by atoms with van der Waals surface area (Å²) < 4.78 is 16.9. The number of aliphatic imine (C=N–C) groups is 1. The lowest BCUT2D eigenvalue weighted by Crippen LogP contribution is -2.40. The summed E-state index contributed by atoms with van der Waals surface area (Å²) in [5, 5.41) is 7.99. The highest BCUT2D eigenvalue weighted by atomic mass is 127. The van der Waals surface area contributed by atoms with Gasteiger partial charge in [-0.1, -0.05) is 18.2 Å². The van der Waals surface area contributed by atoms with Crippen molar-refractivity contribution < 1.29 is 13.6 Å². The van der Waals surface area contributed by atoms with Crippen LogP contribution < -0.4 is 10.6 Å². The van der Waals surface area contributed by atoms with E-state index in [-0.39, 0.29) is 30.0 Å². The number of ether oxygens (including phenoxy) is 1. The first kappa shape index (κ1) is 21.7. The second kappa shape index (κ2) is 10.7. The van der Waals surface area contributed by atoms with Gasteiger partial charge in [-0.15, -0.1) is 24.0 Å². The van der Waals surface area contributed by atoms with E-state index in [2.05, 4.69) is 29.7 Å². The SMILES string of the molecule is CC(NC(=NCC1CCOC1)NCCc1ccco1)c1cc2ccccc2o1.I. The normalized spacial score (nSPS) is 17.8. The molecule has 0 saturated carbocycles. The Hall–Kier alpha value is -2.00. The Balaban J connectivity index is 0.00000240. The van der Waals surface area contributed by atoms with Crippen LogP contribution in [0.15, 0.2) is 62.6 Å². The van der Waals surface area contributed by atoms with Crippen LogP contribution in [-0.2, 0) is 11.2 Å². The topological polar surface area (TPSA) is 71.9 Å². The third-order valence-corrected chi connectivity index (χ3v) is 5.00. The van der Waals surface area contributed by atoms with E-state index in [4.69, 9.17) is 18.6 Å². The summed E-state index contributed by atoms with van der Waals surface area (Å²) in [6.07, 6.45) is 3.58. The van der Waals surface area contributed by atoms with Gasteiger partial charge in [0, 0.05) is 37.4 Å². The number of para-hydroxylation sites is 1. The predicted octanol–water partition coefficient (Wildman–Crippen LogP) is 4.52. The number of rotatable bonds is 7. The highest BCUT2D eigenvalue weighted by Crippen LogP contribution is 2.23. The molecule has 2 aromatic heterocycles. The number of nitrogens with one attached hydrogen (secondary N) is 2. The number of fused-ring (bicyclic) bond motifs is 1.